The van der Waals surface area contributed by atoms with Crippen LogP contribution < -0.4 is 5.32 Å². The number of halogens is 1. The average Bonchev–Trinajstić information content (AvgIpc) is 2.63. The lowest BCUT2D eigenvalue weighted by Gasteiger charge is -2.05. The predicted molar refractivity (Wildman–Crippen MR) is 80.9 cm³/mol. The number of thiophene rings is 1. The Morgan fingerprint density at radius 3 is 2.59 bits per heavy atom. The number of aryl methyl sites for hydroxylation is 2. The van der Waals surface area contributed by atoms with Crippen molar-refractivity contribution in [2.45, 2.75) is 13.8 Å². The van der Waals surface area contributed by atoms with Crippen LogP contribution in [0.4, 0.5) is 5.69 Å². The number of anilines is 1. The van der Waals surface area contributed by atoms with E-state index in [0.29, 0.717) is 0 Å². The Morgan fingerprint density at radius 1 is 1.29 bits per heavy atom. The first kappa shape index (κ1) is 12.6. The molecule has 17 heavy (non-hydrogen) atoms. The molecule has 2 nitrogen and oxygen atoms in total. The maximum absolute atomic E-state index is 12.0. The van der Waals surface area contributed by atoms with E-state index in [1.807, 2.05) is 44.2 Å². The molecule has 0 aliphatic heterocycles. The van der Waals surface area contributed by atoms with E-state index in [2.05, 4.69) is 27.9 Å². The highest BCUT2D eigenvalue weighted by atomic mass is 127. The summed E-state index contributed by atoms with van der Waals surface area (Å²) in [5.74, 6) is -0.0321. The van der Waals surface area contributed by atoms with Crippen LogP contribution in [0, 0.1) is 17.4 Å². The highest BCUT2D eigenvalue weighted by Crippen LogP contribution is 2.23. The van der Waals surface area contributed by atoms with E-state index in [0.717, 1.165) is 14.1 Å². The first-order valence-corrected chi connectivity index (χ1v) is 7.10. The topological polar surface area (TPSA) is 29.1 Å². The highest BCUT2D eigenvalue weighted by molar-refractivity contribution is 14.1. The van der Waals surface area contributed by atoms with Gasteiger partial charge in [0.2, 0.25) is 0 Å². The molecule has 0 aliphatic carbocycles. The molecule has 0 fully saturated rings. The van der Waals surface area contributed by atoms with Crippen molar-refractivity contribution in [2.24, 2.45) is 0 Å². The molecule has 1 N–H and O–H groups in total. The van der Waals surface area contributed by atoms with E-state index in [-0.39, 0.29) is 5.91 Å². The lowest BCUT2D eigenvalue weighted by molar-refractivity contribution is 0.103. The summed E-state index contributed by atoms with van der Waals surface area (Å²) in [5, 5.41) is 2.93. The molecule has 1 aromatic carbocycles. The fourth-order valence-electron chi connectivity index (χ4n) is 1.43. The zero-order chi connectivity index (χ0) is 12.4. The van der Waals surface area contributed by atoms with Crippen molar-refractivity contribution in [2.75, 3.05) is 5.32 Å². The number of carbonyl (C=O) groups is 1. The number of nitrogens with one attached hydrogen (secondary N) is 1. The van der Waals surface area contributed by atoms with Gasteiger partial charge in [0, 0.05) is 8.45 Å². The Bertz CT molecular complexity index is 543. The van der Waals surface area contributed by atoms with Gasteiger partial charge in [0.25, 0.3) is 5.91 Å². The maximum Gasteiger partial charge on any atom is 0.265 e. The van der Waals surface area contributed by atoms with Gasteiger partial charge >= 0.3 is 0 Å². The third-order valence-electron chi connectivity index (χ3n) is 2.51. The summed E-state index contributed by atoms with van der Waals surface area (Å²) in [7, 11) is 0. The number of para-hydroxylation sites is 1. The zero-order valence-electron chi connectivity index (χ0n) is 9.58. The van der Waals surface area contributed by atoms with Crippen LogP contribution in [0.25, 0.3) is 0 Å². The Morgan fingerprint density at radius 2 is 2.00 bits per heavy atom. The highest BCUT2D eigenvalue weighted by Gasteiger charge is 2.11. The molecule has 4 heteroatoms. The second kappa shape index (κ2) is 5.18. The van der Waals surface area contributed by atoms with Gasteiger partial charge in [-0.05, 0) is 60.2 Å². The molecule has 2 rings (SSSR count). The van der Waals surface area contributed by atoms with E-state index < -0.39 is 0 Å². The molecule has 0 aliphatic rings. The first-order valence-electron chi connectivity index (χ1n) is 5.21. The average molecular weight is 357 g/mol. The minimum atomic E-state index is -0.0321. The number of hydrogen-bond donors (Lipinski definition) is 1. The van der Waals surface area contributed by atoms with Crippen LogP contribution in [0.15, 0.2) is 30.3 Å². The fourth-order valence-corrected chi connectivity index (χ4v) is 2.88. The zero-order valence-corrected chi connectivity index (χ0v) is 12.6. The molecule has 1 aromatic heterocycles. The molecule has 0 atom stereocenters. The minimum absolute atomic E-state index is 0.0321. The Hall–Kier alpha value is -0.880. The number of amides is 1. The molecule has 1 amide bonds. The summed E-state index contributed by atoms with van der Waals surface area (Å²) in [5.41, 5.74) is 2.03. The Balaban J connectivity index is 2.20. The minimum Gasteiger partial charge on any atom is -0.320 e. The third kappa shape index (κ3) is 2.87. The molecule has 0 radical (unpaired) electrons. The van der Waals surface area contributed by atoms with Crippen LogP contribution in [-0.2, 0) is 0 Å². The second-order valence-corrected chi connectivity index (χ2v) is 6.20. The van der Waals surface area contributed by atoms with Crippen molar-refractivity contribution in [3.8, 4) is 0 Å². The van der Waals surface area contributed by atoms with Gasteiger partial charge in [0.05, 0.1) is 10.6 Å². The molecule has 0 saturated carbocycles. The maximum atomic E-state index is 12.0. The first-order chi connectivity index (χ1) is 8.08. The summed E-state index contributed by atoms with van der Waals surface area (Å²) in [4.78, 5) is 14.0. The lowest BCUT2D eigenvalue weighted by Crippen LogP contribution is -2.10. The summed E-state index contributed by atoms with van der Waals surface area (Å²) >= 11 is 3.75. The lowest BCUT2D eigenvalue weighted by atomic mass is 10.2. The summed E-state index contributed by atoms with van der Waals surface area (Å²) in [6.45, 7) is 4.05. The van der Waals surface area contributed by atoms with Crippen LogP contribution >= 0.6 is 33.9 Å². The van der Waals surface area contributed by atoms with Gasteiger partial charge in [0.15, 0.2) is 0 Å². The quantitative estimate of drug-likeness (QED) is 0.801. The van der Waals surface area contributed by atoms with Gasteiger partial charge in [-0.3, -0.25) is 4.79 Å². The van der Waals surface area contributed by atoms with Crippen molar-refractivity contribution in [1.29, 1.82) is 0 Å². The molecule has 0 bridgehead atoms. The van der Waals surface area contributed by atoms with E-state index in [1.165, 1.54) is 21.8 Å². The summed E-state index contributed by atoms with van der Waals surface area (Å²) in [6, 6.07) is 9.69. The summed E-state index contributed by atoms with van der Waals surface area (Å²) < 4.78 is 1.04. The normalized spacial score (nSPS) is 10.3. The number of benzene rings is 1. The monoisotopic (exact) mass is 357 g/mol. The number of carbonyl (C=O) groups excluding carboxylic acids is 1. The van der Waals surface area contributed by atoms with Crippen molar-refractivity contribution >= 4 is 45.5 Å². The second-order valence-electron chi connectivity index (χ2n) is 3.78. The summed E-state index contributed by atoms with van der Waals surface area (Å²) in [6.07, 6.45) is 0. The molecular weight excluding hydrogens is 345 g/mol. The Kier molecular flexibility index (Phi) is 3.83. The van der Waals surface area contributed by atoms with E-state index in [1.54, 1.807) is 0 Å². The van der Waals surface area contributed by atoms with E-state index >= 15 is 0 Å². The van der Waals surface area contributed by atoms with Gasteiger partial charge in [-0.2, -0.15) is 0 Å². The van der Waals surface area contributed by atoms with Crippen molar-refractivity contribution in [1.82, 2.24) is 0 Å². The molecule has 0 unspecified atom stereocenters. The smallest absolute Gasteiger partial charge is 0.265 e. The molecule has 88 valence electrons. The SMILES string of the molecule is Cc1cc(C(=O)Nc2ccccc2I)sc1C. The third-order valence-corrected chi connectivity index (χ3v) is 4.60. The van der Waals surface area contributed by atoms with Crippen LogP contribution in [0.3, 0.4) is 0 Å². The molecular formula is C13H12INOS. The van der Waals surface area contributed by atoms with Crippen LogP contribution in [-0.4, -0.2) is 5.91 Å². The number of rotatable bonds is 2. The van der Waals surface area contributed by atoms with Gasteiger partial charge in [0.1, 0.15) is 0 Å². The van der Waals surface area contributed by atoms with Gasteiger partial charge in [-0.1, -0.05) is 12.1 Å². The van der Waals surface area contributed by atoms with Gasteiger partial charge in [-0.25, -0.2) is 0 Å². The van der Waals surface area contributed by atoms with Crippen molar-refractivity contribution in [3.63, 3.8) is 0 Å². The molecule has 0 spiro atoms. The largest absolute Gasteiger partial charge is 0.320 e. The van der Waals surface area contributed by atoms with E-state index in [9.17, 15) is 4.79 Å². The van der Waals surface area contributed by atoms with Crippen molar-refractivity contribution < 1.29 is 4.79 Å². The van der Waals surface area contributed by atoms with Crippen LogP contribution in [0.1, 0.15) is 20.1 Å². The van der Waals surface area contributed by atoms with Gasteiger partial charge in [-0.15, -0.1) is 11.3 Å². The number of hydrogen-bond acceptors (Lipinski definition) is 2. The van der Waals surface area contributed by atoms with E-state index in [4.69, 9.17) is 0 Å². The van der Waals surface area contributed by atoms with Crippen molar-refractivity contribution in [3.05, 3.63) is 49.2 Å². The van der Waals surface area contributed by atoms with Gasteiger partial charge < -0.3 is 5.32 Å². The standard InChI is InChI=1S/C13H12INOS/c1-8-7-12(17-9(8)2)13(16)15-11-6-4-3-5-10(11)14/h3-7H,1-2H3,(H,15,16). The molecule has 0 saturated heterocycles. The fraction of sp³-hybridized carbons (Fsp3) is 0.154. The molecule has 1 heterocycles. The molecule has 2 aromatic rings. The van der Waals surface area contributed by atoms with Crippen LogP contribution in [0.5, 0.6) is 0 Å². The predicted octanol–water partition coefficient (Wildman–Crippen LogP) is 4.22. The van der Waals surface area contributed by atoms with Crippen LogP contribution in [0.2, 0.25) is 0 Å². The Labute approximate surface area is 118 Å².